The van der Waals surface area contributed by atoms with Crippen molar-refractivity contribution in [2.24, 2.45) is 21.7 Å². The molecule has 0 saturated heterocycles. The first kappa shape index (κ1) is 20.9. The van der Waals surface area contributed by atoms with Crippen LogP contribution in [0.25, 0.3) is 0 Å². The molecule has 0 aromatic rings. The van der Waals surface area contributed by atoms with E-state index in [4.69, 9.17) is 9.47 Å². The van der Waals surface area contributed by atoms with Gasteiger partial charge in [-0.05, 0) is 47.0 Å². The lowest BCUT2D eigenvalue weighted by Crippen LogP contribution is -2.44. The minimum Gasteiger partial charge on any atom is -0.465 e. The lowest BCUT2D eigenvalue weighted by molar-refractivity contribution is -0.168. The van der Waals surface area contributed by atoms with Gasteiger partial charge in [0.05, 0.1) is 10.8 Å². The van der Waals surface area contributed by atoms with Crippen molar-refractivity contribution in [3.05, 3.63) is 0 Å². The fourth-order valence-corrected chi connectivity index (χ4v) is 1.36. The van der Waals surface area contributed by atoms with Crippen molar-refractivity contribution < 1.29 is 19.1 Å². The second-order valence-electron chi connectivity index (χ2n) is 9.46. The van der Waals surface area contributed by atoms with Crippen LogP contribution < -0.4 is 0 Å². The Morgan fingerprint density at radius 1 is 0.636 bits per heavy atom. The predicted molar refractivity (Wildman–Crippen MR) is 88.4 cm³/mol. The van der Waals surface area contributed by atoms with E-state index in [1.165, 1.54) is 0 Å². The van der Waals surface area contributed by atoms with Crippen molar-refractivity contribution in [2.45, 2.75) is 69.2 Å². The van der Waals surface area contributed by atoms with Gasteiger partial charge in [-0.3, -0.25) is 9.59 Å². The second kappa shape index (κ2) is 6.59. The summed E-state index contributed by atoms with van der Waals surface area (Å²) in [6, 6.07) is 0. The molecule has 0 unspecified atom stereocenters. The van der Waals surface area contributed by atoms with Gasteiger partial charge in [-0.2, -0.15) is 0 Å². The number of esters is 2. The van der Waals surface area contributed by atoms with Gasteiger partial charge in [0.25, 0.3) is 0 Å². The smallest absolute Gasteiger partial charge is 0.311 e. The average Bonchev–Trinajstić information content (AvgIpc) is 2.28. The average molecular weight is 314 g/mol. The summed E-state index contributed by atoms with van der Waals surface area (Å²) >= 11 is 0. The van der Waals surface area contributed by atoms with Gasteiger partial charge in [-0.1, -0.05) is 27.7 Å². The zero-order valence-electron chi connectivity index (χ0n) is 16.0. The van der Waals surface area contributed by atoms with Crippen LogP contribution in [0.3, 0.4) is 0 Å². The van der Waals surface area contributed by atoms with E-state index >= 15 is 0 Å². The Bertz CT molecular complexity index is 372. The van der Waals surface area contributed by atoms with Gasteiger partial charge < -0.3 is 9.47 Å². The van der Waals surface area contributed by atoms with Gasteiger partial charge in [0.2, 0.25) is 0 Å². The zero-order valence-corrected chi connectivity index (χ0v) is 16.0. The molecule has 0 radical (unpaired) electrons. The molecule has 0 aliphatic rings. The maximum Gasteiger partial charge on any atom is 0.311 e. The molecule has 0 bridgehead atoms. The molecule has 0 atom stereocenters. The first-order valence-corrected chi connectivity index (χ1v) is 7.85. The van der Waals surface area contributed by atoms with Crippen LogP contribution in [-0.4, -0.2) is 25.2 Å². The standard InChI is InChI=1S/C18H34O4/c1-15(2,3)13(19)21-11-18(10,17(7,8)9)12-22-14(20)16(4,5)6/h11-12H2,1-10H3. The molecule has 0 spiro atoms. The van der Waals surface area contributed by atoms with Crippen LogP contribution in [-0.2, 0) is 19.1 Å². The van der Waals surface area contributed by atoms with E-state index in [0.29, 0.717) is 0 Å². The van der Waals surface area contributed by atoms with Gasteiger partial charge in [0, 0.05) is 5.41 Å². The van der Waals surface area contributed by atoms with Crippen molar-refractivity contribution in [1.82, 2.24) is 0 Å². The first-order valence-electron chi connectivity index (χ1n) is 7.85. The van der Waals surface area contributed by atoms with Gasteiger partial charge in [0.1, 0.15) is 13.2 Å². The Kier molecular flexibility index (Phi) is 6.27. The summed E-state index contributed by atoms with van der Waals surface area (Å²) in [4.78, 5) is 24.0. The highest BCUT2D eigenvalue weighted by Gasteiger charge is 2.41. The second-order valence-corrected chi connectivity index (χ2v) is 9.46. The van der Waals surface area contributed by atoms with Gasteiger partial charge in [-0.15, -0.1) is 0 Å². The molecule has 0 fully saturated rings. The van der Waals surface area contributed by atoms with Gasteiger partial charge in [0.15, 0.2) is 0 Å². The summed E-state index contributed by atoms with van der Waals surface area (Å²) < 4.78 is 11.0. The highest BCUT2D eigenvalue weighted by molar-refractivity contribution is 5.76. The Hall–Kier alpha value is -1.06. The Balaban J connectivity index is 4.97. The third kappa shape index (κ3) is 5.98. The quantitative estimate of drug-likeness (QED) is 0.729. The van der Waals surface area contributed by atoms with Crippen LogP contribution >= 0.6 is 0 Å². The van der Waals surface area contributed by atoms with Gasteiger partial charge in [-0.25, -0.2) is 0 Å². The van der Waals surface area contributed by atoms with Crippen LogP contribution in [0.4, 0.5) is 0 Å². The molecule has 0 rings (SSSR count). The van der Waals surface area contributed by atoms with E-state index in [2.05, 4.69) is 20.8 Å². The summed E-state index contributed by atoms with van der Waals surface area (Å²) in [7, 11) is 0. The number of hydrogen-bond acceptors (Lipinski definition) is 4. The highest BCUT2D eigenvalue weighted by atomic mass is 16.5. The summed E-state index contributed by atoms with van der Waals surface area (Å²) in [5, 5.41) is 0. The molecule has 22 heavy (non-hydrogen) atoms. The molecule has 4 heteroatoms. The molecule has 0 saturated carbocycles. The molecule has 0 aliphatic heterocycles. The SMILES string of the molecule is CC(C)(C)C(=O)OCC(C)(COC(=O)C(C)(C)C)C(C)(C)C. The molecular weight excluding hydrogens is 280 g/mol. The maximum atomic E-state index is 12.0. The minimum absolute atomic E-state index is 0.177. The molecule has 130 valence electrons. The number of ether oxygens (including phenoxy) is 2. The number of hydrogen-bond donors (Lipinski definition) is 0. The van der Waals surface area contributed by atoms with Crippen LogP contribution in [0.2, 0.25) is 0 Å². The monoisotopic (exact) mass is 314 g/mol. The van der Waals surface area contributed by atoms with E-state index in [9.17, 15) is 9.59 Å². The zero-order chi connectivity index (χ0) is 18.0. The van der Waals surface area contributed by atoms with E-state index in [-0.39, 0.29) is 30.6 Å². The van der Waals surface area contributed by atoms with Crippen LogP contribution in [0, 0.1) is 21.7 Å². The normalized spacial score (nSPS) is 13.7. The summed E-state index contributed by atoms with van der Waals surface area (Å²) in [6.45, 7) is 19.5. The third-order valence-corrected chi connectivity index (χ3v) is 4.08. The lowest BCUT2D eigenvalue weighted by atomic mass is 9.69. The topological polar surface area (TPSA) is 52.6 Å². The molecule has 0 aromatic carbocycles. The maximum absolute atomic E-state index is 12.0. The Labute approximate surface area is 135 Å². The number of carbonyl (C=O) groups excluding carboxylic acids is 2. The van der Waals surface area contributed by atoms with Crippen molar-refractivity contribution in [3.8, 4) is 0 Å². The highest BCUT2D eigenvalue weighted by Crippen LogP contribution is 2.39. The fourth-order valence-electron chi connectivity index (χ4n) is 1.36. The Morgan fingerprint density at radius 2 is 0.909 bits per heavy atom. The van der Waals surface area contributed by atoms with Crippen molar-refractivity contribution in [1.29, 1.82) is 0 Å². The summed E-state index contributed by atoms with van der Waals surface area (Å²) in [5.74, 6) is -0.491. The van der Waals surface area contributed by atoms with Crippen molar-refractivity contribution in [3.63, 3.8) is 0 Å². The molecule has 0 amide bonds. The van der Waals surface area contributed by atoms with Crippen molar-refractivity contribution >= 4 is 11.9 Å². The molecule has 0 aromatic heterocycles. The van der Waals surface area contributed by atoms with E-state index in [0.717, 1.165) is 0 Å². The molecule has 0 N–H and O–H groups in total. The van der Waals surface area contributed by atoms with Crippen molar-refractivity contribution in [2.75, 3.05) is 13.2 Å². The van der Waals surface area contributed by atoms with Gasteiger partial charge >= 0.3 is 11.9 Å². The fraction of sp³-hybridized carbons (Fsp3) is 0.889. The summed E-state index contributed by atoms with van der Waals surface area (Å²) in [5.41, 5.74) is -1.71. The minimum atomic E-state index is -0.541. The number of rotatable bonds is 4. The first-order chi connectivity index (χ1) is 9.51. The largest absolute Gasteiger partial charge is 0.465 e. The molecule has 0 aliphatic carbocycles. The van der Waals surface area contributed by atoms with E-state index in [1.807, 2.05) is 48.5 Å². The van der Waals surface area contributed by atoms with Crippen LogP contribution in [0.15, 0.2) is 0 Å². The number of carbonyl (C=O) groups is 2. The van der Waals surface area contributed by atoms with Crippen LogP contribution in [0.5, 0.6) is 0 Å². The van der Waals surface area contributed by atoms with E-state index < -0.39 is 16.2 Å². The lowest BCUT2D eigenvalue weighted by Gasteiger charge is -2.41. The van der Waals surface area contributed by atoms with E-state index in [1.54, 1.807) is 0 Å². The molecular formula is C18H34O4. The summed E-state index contributed by atoms with van der Waals surface area (Å²) in [6.07, 6.45) is 0. The third-order valence-electron chi connectivity index (χ3n) is 4.08. The Morgan fingerprint density at radius 3 is 1.09 bits per heavy atom. The predicted octanol–water partition coefficient (Wildman–Crippen LogP) is 4.22. The molecule has 0 heterocycles. The molecule has 4 nitrogen and oxygen atoms in total. The van der Waals surface area contributed by atoms with Crippen LogP contribution in [0.1, 0.15) is 69.2 Å².